The molecule has 3 N–H and O–H groups in total. The molecule has 0 spiro atoms. The summed E-state index contributed by atoms with van der Waals surface area (Å²) in [5, 5.41) is 41.3. The Morgan fingerprint density at radius 2 is 1.61 bits per heavy atom. The predicted octanol–water partition coefficient (Wildman–Crippen LogP) is 2.52. The average molecular weight is 774 g/mol. The molecule has 3 aromatic heterocycles. The van der Waals surface area contributed by atoms with Gasteiger partial charge >= 0.3 is 5.69 Å². The second kappa shape index (κ2) is 13.2. The smallest absolute Gasteiger partial charge is 0.351 e. The van der Waals surface area contributed by atoms with Crippen LogP contribution >= 0.6 is 58.0 Å². The van der Waals surface area contributed by atoms with Crippen molar-refractivity contribution in [3.8, 4) is 0 Å². The van der Waals surface area contributed by atoms with Crippen molar-refractivity contribution < 1.29 is 25.0 Å². The first-order chi connectivity index (χ1) is 21.0. The fourth-order valence-electron chi connectivity index (χ4n) is 4.23. The first-order valence-corrected chi connectivity index (χ1v) is 14.5. The van der Waals surface area contributed by atoms with Crippen molar-refractivity contribution in [1.29, 1.82) is 0 Å². The number of nitro groups is 1. The number of rotatable bonds is 7. The van der Waals surface area contributed by atoms with Crippen LogP contribution in [0.2, 0.25) is 10.3 Å². The maximum atomic E-state index is 13.4. The van der Waals surface area contributed by atoms with Gasteiger partial charge in [0.2, 0.25) is 0 Å². The zero-order chi connectivity index (χ0) is 31.7. The molecule has 1 aliphatic rings. The number of halogens is 3. The minimum atomic E-state index is -1.54. The lowest BCUT2D eigenvalue weighted by molar-refractivity contribution is -0.384. The van der Waals surface area contributed by atoms with Gasteiger partial charge in [-0.05, 0) is 46.9 Å². The van der Waals surface area contributed by atoms with Crippen molar-refractivity contribution in [3.63, 3.8) is 0 Å². The van der Waals surface area contributed by atoms with Crippen LogP contribution in [0.4, 0.5) is 28.8 Å². The number of non-ortho nitro benzene ring substituents is 1. The summed E-state index contributed by atoms with van der Waals surface area (Å²) in [6.45, 7) is -0.591. The van der Waals surface area contributed by atoms with Crippen molar-refractivity contribution in [1.82, 2.24) is 29.5 Å². The number of nitro benzene ring substituents is 1. The van der Waals surface area contributed by atoms with Crippen LogP contribution in [0.5, 0.6) is 0 Å². The van der Waals surface area contributed by atoms with Crippen LogP contribution in [0.15, 0.2) is 60.0 Å². The van der Waals surface area contributed by atoms with Gasteiger partial charge in [-0.3, -0.25) is 34.4 Å². The first kappa shape index (κ1) is 31.9. The third-order valence-electron chi connectivity index (χ3n) is 6.24. The maximum Gasteiger partial charge on any atom is 0.351 e. The quantitative estimate of drug-likeness (QED) is 0.107. The molecule has 0 amide bonds. The molecular formula is C24H18Cl2IN9O7S. The molecule has 0 radical (unpaired) electrons. The van der Waals surface area contributed by atoms with Gasteiger partial charge in [0.25, 0.3) is 5.69 Å². The molecule has 1 aliphatic heterocycles. The number of aromatic nitrogens is 6. The van der Waals surface area contributed by atoms with E-state index in [1.807, 2.05) is 22.6 Å². The number of nitrogens with zero attached hydrogens (tertiary/aromatic N) is 9. The zero-order valence-corrected chi connectivity index (χ0v) is 26.2. The second-order valence-corrected chi connectivity index (χ2v) is 11.3. The third-order valence-corrected chi connectivity index (χ3v) is 7.73. The largest absolute Gasteiger partial charge is 0.394 e. The van der Waals surface area contributed by atoms with Crippen molar-refractivity contribution >= 4 is 92.0 Å². The summed E-state index contributed by atoms with van der Waals surface area (Å²) in [5.41, 5.74) is -0.798. The molecule has 20 heteroatoms. The number of hydrogen-bond acceptors (Lipinski definition) is 13. The van der Waals surface area contributed by atoms with E-state index in [0.29, 0.717) is 5.69 Å². The number of hydrogen-bond donors (Lipinski definition) is 3. The van der Waals surface area contributed by atoms with E-state index in [0.717, 1.165) is 4.57 Å². The molecule has 1 fully saturated rings. The summed E-state index contributed by atoms with van der Waals surface area (Å²) in [6.07, 6.45) is 1.08. The van der Waals surface area contributed by atoms with Crippen molar-refractivity contribution in [2.45, 2.75) is 24.5 Å². The van der Waals surface area contributed by atoms with Gasteiger partial charge in [0, 0.05) is 18.3 Å². The highest BCUT2D eigenvalue weighted by molar-refractivity contribution is 14.1. The minimum absolute atomic E-state index is 0.0140. The van der Waals surface area contributed by atoms with Gasteiger partial charge in [-0.15, -0.1) is 0 Å². The van der Waals surface area contributed by atoms with Gasteiger partial charge in [0.15, 0.2) is 28.8 Å². The van der Waals surface area contributed by atoms with Crippen LogP contribution in [-0.4, -0.2) is 79.8 Å². The van der Waals surface area contributed by atoms with E-state index in [2.05, 4.69) is 24.9 Å². The Kier molecular flexibility index (Phi) is 9.60. The number of benzene rings is 1. The van der Waals surface area contributed by atoms with E-state index in [1.54, 1.807) is 0 Å². The summed E-state index contributed by atoms with van der Waals surface area (Å²) in [4.78, 5) is 47.7. The van der Waals surface area contributed by atoms with Gasteiger partial charge in [-0.25, -0.2) is 14.8 Å². The lowest BCUT2D eigenvalue weighted by atomic mass is 10.1. The molecule has 1 saturated heterocycles. The third kappa shape index (κ3) is 6.33. The van der Waals surface area contributed by atoms with Crippen LogP contribution < -0.4 is 15.5 Å². The normalized spacial score (nSPS) is 19.5. The molecule has 44 heavy (non-hydrogen) atoms. The van der Waals surface area contributed by atoms with E-state index in [-0.39, 0.29) is 42.1 Å². The summed E-state index contributed by atoms with van der Waals surface area (Å²) in [5.74, 6) is 0.0770. The van der Waals surface area contributed by atoms with Gasteiger partial charge in [-0.1, -0.05) is 23.2 Å². The topological polar surface area (TPSA) is 206 Å². The average Bonchev–Trinajstić information content (AvgIpc) is 3.28. The molecule has 4 heterocycles. The Balaban J connectivity index is 1.67. The maximum absolute atomic E-state index is 13.4. The number of ether oxygens (including phenoxy) is 1. The molecule has 0 aliphatic carbocycles. The fourth-order valence-corrected chi connectivity index (χ4v) is 5.55. The Morgan fingerprint density at radius 3 is 2.14 bits per heavy atom. The Bertz CT molecular complexity index is 1790. The van der Waals surface area contributed by atoms with Crippen molar-refractivity contribution in [2.75, 3.05) is 16.4 Å². The lowest BCUT2D eigenvalue weighted by Gasteiger charge is -2.32. The van der Waals surface area contributed by atoms with Crippen LogP contribution in [-0.2, 0) is 4.74 Å². The molecule has 5 rings (SSSR count). The van der Waals surface area contributed by atoms with Crippen LogP contribution in [0.25, 0.3) is 0 Å². The fraction of sp³-hybridized carbons (Fsp3) is 0.208. The molecule has 4 atom stereocenters. The number of aliphatic hydroxyl groups is 3. The molecule has 16 nitrogen and oxygen atoms in total. The van der Waals surface area contributed by atoms with E-state index in [1.165, 1.54) is 65.0 Å². The van der Waals surface area contributed by atoms with Gasteiger partial charge in [-0.2, -0.15) is 4.98 Å². The Morgan fingerprint density at radius 1 is 1.02 bits per heavy atom. The monoisotopic (exact) mass is 773 g/mol. The van der Waals surface area contributed by atoms with Gasteiger partial charge in [0.1, 0.15) is 28.6 Å². The predicted molar refractivity (Wildman–Crippen MR) is 168 cm³/mol. The van der Waals surface area contributed by atoms with Gasteiger partial charge in [0.05, 0.1) is 45.6 Å². The highest BCUT2D eigenvalue weighted by Gasteiger charge is 2.44. The van der Waals surface area contributed by atoms with Crippen LogP contribution in [0.3, 0.4) is 0 Å². The molecule has 4 aromatic rings. The molecule has 0 bridgehead atoms. The van der Waals surface area contributed by atoms with E-state index in [9.17, 15) is 30.2 Å². The molecule has 228 valence electrons. The second-order valence-electron chi connectivity index (χ2n) is 8.96. The summed E-state index contributed by atoms with van der Waals surface area (Å²) >= 11 is 20.1. The zero-order valence-electron chi connectivity index (χ0n) is 21.8. The number of anilines is 4. The van der Waals surface area contributed by atoms with E-state index < -0.39 is 41.8 Å². The first-order valence-electron chi connectivity index (χ1n) is 12.2. The molecular weight excluding hydrogens is 756 g/mol. The minimum Gasteiger partial charge on any atom is -0.394 e. The SMILES string of the molecule is O=c1nc(N(C(=S)N(c2ccc([N+](=O)[O-])cc2)c2cncc(Cl)n2)c2cncc(Cl)n2)c(I)cn1C1OC(CO)C(O)C1O. The van der Waals surface area contributed by atoms with Crippen molar-refractivity contribution in [3.05, 3.63) is 89.7 Å². The van der Waals surface area contributed by atoms with Crippen LogP contribution in [0, 0.1) is 13.7 Å². The van der Waals surface area contributed by atoms with E-state index >= 15 is 0 Å². The highest BCUT2D eigenvalue weighted by atomic mass is 127. The molecule has 4 unspecified atom stereocenters. The van der Waals surface area contributed by atoms with Crippen LogP contribution in [0.1, 0.15) is 6.23 Å². The number of aliphatic hydroxyl groups excluding tert-OH is 3. The Hall–Kier alpha value is -3.50. The lowest BCUT2D eigenvalue weighted by Crippen LogP contribution is -2.42. The Labute approximate surface area is 275 Å². The molecule has 1 aromatic carbocycles. The summed E-state index contributed by atoms with van der Waals surface area (Å²) < 4.78 is 6.75. The van der Waals surface area contributed by atoms with Gasteiger partial charge < -0.3 is 20.1 Å². The van der Waals surface area contributed by atoms with Crippen molar-refractivity contribution in [2.24, 2.45) is 0 Å². The number of thiocarbonyl (C=S) groups is 1. The summed E-state index contributed by atoms with van der Waals surface area (Å²) in [7, 11) is 0. The standard InChI is InChI=1S/C24H18Cl2IN9O7S/c25-15-5-28-7-17(30-15)34(11-1-3-12(4-2-11)36(41)42)24(44)35(18-8-29-6-16(26)31-18)21-13(27)9-33(23(40)32-21)22-20(39)19(38)14(10-37)43-22/h1-9,14,19-20,22,37-39H,10H2. The summed E-state index contributed by atoms with van der Waals surface area (Å²) in [6, 6.07) is 5.37. The highest BCUT2D eigenvalue weighted by Crippen LogP contribution is 2.35. The van der Waals surface area contributed by atoms with E-state index in [4.69, 9.17) is 40.2 Å². The molecule has 0 saturated carbocycles.